The Balaban J connectivity index is 2.58. The van der Waals surface area contributed by atoms with Gasteiger partial charge in [0.25, 0.3) is 0 Å². The number of rotatable bonds is 0. The molecule has 8 heavy (non-hydrogen) atoms. The Kier molecular flexibility index (Phi) is 1.24. The Hall–Kier alpha value is -0.920. The SMILES string of the molecule is CC1=CNN(C)C=C1. The molecule has 0 bridgehead atoms. The Morgan fingerprint density at radius 2 is 2.38 bits per heavy atom. The summed E-state index contributed by atoms with van der Waals surface area (Å²) >= 11 is 0. The van der Waals surface area contributed by atoms with Crippen LogP contribution in [0, 0.1) is 0 Å². The van der Waals surface area contributed by atoms with Crippen LogP contribution in [0.25, 0.3) is 0 Å². The summed E-state index contributed by atoms with van der Waals surface area (Å²) in [6.45, 7) is 2.05. The lowest BCUT2D eigenvalue weighted by atomic mass is 10.3. The zero-order chi connectivity index (χ0) is 5.98. The van der Waals surface area contributed by atoms with Crippen molar-refractivity contribution >= 4 is 0 Å². The number of nitrogens with zero attached hydrogens (tertiary/aromatic N) is 1. The van der Waals surface area contributed by atoms with Gasteiger partial charge >= 0.3 is 0 Å². The molecule has 0 amide bonds. The first-order chi connectivity index (χ1) is 3.79. The smallest absolute Gasteiger partial charge is 0.0274 e. The van der Waals surface area contributed by atoms with E-state index >= 15 is 0 Å². The normalized spacial score (nSPS) is 17.8. The van der Waals surface area contributed by atoms with E-state index in [2.05, 4.69) is 18.4 Å². The fraction of sp³-hybridized carbons (Fsp3) is 0.333. The van der Waals surface area contributed by atoms with Crippen molar-refractivity contribution in [3.8, 4) is 0 Å². The summed E-state index contributed by atoms with van der Waals surface area (Å²) in [5.41, 5.74) is 4.27. The highest BCUT2D eigenvalue weighted by Crippen LogP contribution is 1.97. The zero-order valence-electron chi connectivity index (χ0n) is 5.18. The lowest BCUT2D eigenvalue weighted by Crippen LogP contribution is -2.26. The fourth-order valence-electron chi connectivity index (χ4n) is 0.524. The number of hydrogen-bond donors (Lipinski definition) is 1. The molecule has 0 saturated carbocycles. The van der Waals surface area contributed by atoms with Gasteiger partial charge in [-0.15, -0.1) is 0 Å². The van der Waals surface area contributed by atoms with E-state index in [1.807, 2.05) is 24.5 Å². The average molecular weight is 110 g/mol. The molecule has 2 heteroatoms. The van der Waals surface area contributed by atoms with Gasteiger partial charge in [-0.05, 0) is 18.6 Å². The van der Waals surface area contributed by atoms with E-state index in [1.54, 1.807) is 0 Å². The van der Waals surface area contributed by atoms with Crippen molar-refractivity contribution in [2.24, 2.45) is 0 Å². The number of hydrazine groups is 1. The standard InChI is InChI=1S/C6H10N2/c1-6-3-4-8(2)7-5-6/h3-5,7H,1-2H3. The minimum atomic E-state index is 1.25. The first-order valence-electron chi connectivity index (χ1n) is 2.63. The molecule has 0 atom stereocenters. The third kappa shape index (κ3) is 1.03. The average Bonchev–Trinajstić information content (AvgIpc) is 1.77. The summed E-state index contributed by atoms with van der Waals surface area (Å²) < 4.78 is 0. The molecule has 0 aliphatic carbocycles. The van der Waals surface area contributed by atoms with Crippen molar-refractivity contribution in [3.63, 3.8) is 0 Å². The zero-order valence-corrected chi connectivity index (χ0v) is 5.18. The third-order valence-corrected chi connectivity index (χ3v) is 1.06. The maximum Gasteiger partial charge on any atom is 0.0274 e. The van der Waals surface area contributed by atoms with E-state index in [0.29, 0.717) is 0 Å². The molecule has 2 nitrogen and oxygen atoms in total. The van der Waals surface area contributed by atoms with Crippen LogP contribution in [0.1, 0.15) is 6.92 Å². The molecule has 0 aromatic rings. The van der Waals surface area contributed by atoms with Crippen LogP contribution < -0.4 is 5.43 Å². The monoisotopic (exact) mass is 110 g/mol. The summed E-state index contributed by atoms with van der Waals surface area (Å²) in [6, 6.07) is 0. The van der Waals surface area contributed by atoms with Crippen molar-refractivity contribution in [2.45, 2.75) is 6.92 Å². The van der Waals surface area contributed by atoms with Crippen LogP contribution in [-0.2, 0) is 0 Å². The number of hydrogen-bond acceptors (Lipinski definition) is 2. The molecule has 0 saturated heterocycles. The van der Waals surface area contributed by atoms with E-state index in [1.165, 1.54) is 5.57 Å². The van der Waals surface area contributed by atoms with Gasteiger partial charge in [0.15, 0.2) is 0 Å². The second kappa shape index (κ2) is 1.90. The van der Waals surface area contributed by atoms with E-state index in [4.69, 9.17) is 0 Å². The van der Waals surface area contributed by atoms with Crippen LogP contribution in [0.5, 0.6) is 0 Å². The van der Waals surface area contributed by atoms with Crippen molar-refractivity contribution in [1.82, 2.24) is 10.4 Å². The van der Waals surface area contributed by atoms with E-state index in [-0.39, 0.29) is 0 Å². The van der Waals surface area contributed by atoms with Gasteiger partial charge in [0.2, 0.25) is 0 Å². The van der Waals surface area contributed by atoms with Crippen LogP contribution >= 0.6 is 0 Å². The molecular weight excluding hydrogens is 100 g/mol. The van der Waals surface area contributed by atoms with Gasteiger partial charge in [-0.3, -0.25) is 5.01 Å². The minimum Gasteiger partial charge on any atom is -0.306 e. The lowest BCUT2D eigenvalue weighted by molar-refractivity contribution is 0.380. The van der Waals surface area contributed by atoms with Crippen LogP contribution in [0.4, 0.5) is 0 Å². The first kappa shape index (κ1) is 5.22. The topological polar surface area (TPSA) is 15.3 Å². The second-order valence-corrected chi connectivity index (χ2v) is 1.94. The summed E-state index contributed by atoms with van der Waals surface area (Å²) in [4.78, 5) is 0. The molecule has 1 heterocycles. The Morgan fingerprint density at radius 1 is 1.62 bits per heavy atom. The predicted octanol–water partition coefficient (Wildman–Crippen LogP) is 0.854. The molecule has 0 unspecified atom stereocenters. The number of nitrogens with one attached hydrogen (secondary N) is 1. The lowest BCUT2D eigenvalue weighted by Gasteiger charge is -2.17. The highest BCUT2D eigenvalue weighted by atomic mass is 15.5. The summed E-state index contributed by atoms with van der Waals surface area (Å²) in [5.74, 6) is 0. The minimum absolute atomic E-state index is 1.25. The van der Waals surface area contributed by atoms with Crippen LogP contribution in [0.3, 0.4) is 0 Å². The second-order valence-electron chi connectivity index (χ2n) is 1.94. The van der Waals surface area contributed by atoms with Crippen LogP contribution in [0.15, 0.2) is 24.0 Å². The van der Waals surface area contributed by atoms with Gasteiger partial charge in [0.1, 0.15) is 0 Å². The van der Waals surface area contributed by atoms with Crippen molar-refractivity contribution < 1.29 is 0 Å². The molecule has 0 aromatic carbocycles. The van der Waals surface area contributed by atoms with Gasteiger partial charge in [-0.1, -0.05) is 0 Å². The highest BCUT2D eigenvalue weighted by molar-refractivity contribution is 5.16. The molecule has 0 fully saturated rings. The molecule has 1 rings (SSSR count). The first-order valence-corrected chi connectivity index (χ1v) is 2.63. The summed E-state index contributed by atoms with van der Waals surface area (Å²) in [6.07, 6.45) is 5.99. The summed E-state index contributed by atoms with van der Waals surface area (Å²) in [5, 5.41) is 1.90. The molecule has 1 N–H and O–H groups in total. The molecule has 44 valence electrons. The summed E-state index contributed by atoms with van der Waals surface area (Å²) in [7, 11) is 1.96. The molecule has 1 aliphatic heterocycles. The van der Waals surface area contributed by atoms with E-state index in [0.717, 1.165) is 0 Å². The molecule has 0 spiro atoms. The van der Waals surface area contributed by atoms with Gasteiger partial charge in [-0.25, -0.2) is 0 Å². The van der Waals surface area contributed by atoms with Gasteiger partial charge < -0.3 is 5.43 Å². The molecule has 0 radical (unpaired) electrons. The molecule has 1 aliphatic rings. The fourth-order valence-corrected chi connectivity index (χ4v) is 0.524. The van der Waals surface area contributed by atoms with Crippen LogP contribution in [0.2, 0.25) is 0 Å². The van der Waals surface area contributed by atoms with Gasteiger partial charge in [0.05, 0.1) is 0 Å². The van der Waals surface area contributed by atoms with E-state index < -0.39 is 0 Å². The van der Waals surface area contributed by atoms with Crippen molar-refractivity contribution in [2.75, 3.05) is 7.05 Å². The Labute approximate surface area is 49.5 Å². The van der Waals surface area contributed by atoms with Gasteiger partial charge in [-0.2, -0.15) is 0 Å². The molecule has 0 aromatic heterocycles. The molecular formula is C6H10N2. The van der Waals surface area contributed by atoms with Crippen LogP contribution in [-0.4, -0.2) is 12.1 Å². The maximum atomic E-state index is 3.02. The van der Waals surface area contributed by atoms with Crippen molar-refractivity contribution in [3.05, 3.63) is 24.0 Å². The maximum absolute atomic E-state index is 3.02. The van der Waals surface area contributed by atoms with Crippen molar-refractivity contribution in [1.29, 1.82) is 0 Å². The number of allylic oxidation sites excluding steroid dienone is 2. The Morgan fingerprint density at radius 3 is 2.75 bits per heavy atom. The largest absolute Gasteiger partial charge is 0.306 e. The van der Waals surface area contributed by atoms with Gasteiger partial charge in [0, 0.05) is 19.4 Å². The predicted molar refractivity (Wildman–Crippen MR) is 33.8 cm³/mol. The highest BCUT2D eigenvalue weighted by Gasteiger charge is 1.90. The Bertz CT molecular complexity index is 135. The quantitative estimate of drug-likeness (QED) is 0.497. The van der Waals surface area contributed by atoms with E-state index in [9.17, 15) is 0 Å². The third-order valence-electron chi connectivity index (χ3n) is 1.06.